The zero-order valence-electron chi connectivity index (χ0n) is 16.7. The lowest BCUT2D eigenvalue weighted by molar-refractivity contribution is 0.475. The molecule has 1 heterocycles. The molecule has 0 fully saturated rings. The van der Waals surface area contributed by atoms with Gasteiger partial charge >= 0.3 is 0 Å². The molecule has 3 rings (SSSR count). The first kappa shape index (κ1) is 19.6. The van der Waals surface area contributed by atoms with Gasteiger partial charge in [-0.1, -0.05) is 61.5 Å². The molecule has 0 spiro atoms. The van der Waals surface area contributed by atoms with E-state index >= 15 is 0 Å². The third-order valence-electron chi connectivity index (χ3n) is 4.72. The van der Waals surface area contributed by atoms with E-state index in [4.69, 9.17) is 4.98 Å². The van der Waals surface area contributed by atoms with Gasteiger partial charge in [-0.05, 0) is 55.2 Å². The average Bonchev–Trinajstić information content (AvgIpc) is 2.68. The number of allylic oxidation sites excluding steroid dienone is 2. The molecule has 142 valence electrons. The van der Waals surface area contributed by atoms with Crippen LogP contribution in [0.4, 0.5) is 0 Å². The van der Waals surface area contributed by atoms with E-state index in [1.807, 2.05) is 25.1 Å². The van der Waals surface area contributed by atoms with E-state index in [0.717, 1.165) is 46.8 Å². The zero-order valence-corrected chi connectivity index (χ0v) is 16.7. The quantitative estimate of drug-likeness (QED) is 0.568. The molecular formula is C25H26N2O. The second-order valence-electron chi connectivity index (χ2n) is 6.95. The van der Waals surface area contributed by atoms with Gasteiger partial charge in [0.05, 0.1) is 11.4 Å². The Morgan fingerprint density at radius 1 is 1.04 bits per heavy atom. The average molecular weight is 370 g/mol. The normalized spacial score (nSPS) is 11.5. The van der Waals surface area contributed by atoms with Gasteiger partial charge in [0.2, 0.25) is 0 Å². The fourth-order valence-electron chi connectivity index (χ4n) is 3.36. The smallest absolute Gasteiger partial charge is 0.125 e. The van der Waals surface area contributed by atoms with Crippen LogP contribution >= 0.6 is 0 Å². The fraction of sp³-hybridized carbons (Fsp3) is 0.200. The predicted octanol–water partition coefficient (Wildman–Crippen LogP) is 5.68. The van der Waals surface area contributed by atoms with Crippen LogP contribution in [0.25, 0.3) is 11.6 Å². The summed E-state index contributed by atoms with van der Waals surface area (Å²) in [5.74, 6) is 1.04. The Hall–Kier alpha value is -3.20. The highest BCUT2D eigenvalue weighted by Crippen LogP contribution is 2.26. The van der Waals surface area contributed by atoms with Crippen LogP contribution in [-0.4, -0.2) is 15.1 Å². The highest BCUT2D eigenvalue weighted by atomic mass is 16.3. The highest BCUT2D eigenvalue weighted by molar-refractivity contribution is 5.88. The van der Waals surface area contributed by atoms with E-state index in [9.17, 15) is 5.11 Å². The number of hydrogen-bond acceptors (Lipinski definition) is 3. The maximum atomic E-state index is 9.58. The largest absolute Gasteiger partial charge is 0.508 e. The summed E-state index contributed by atoms with van der Waals surface area (Å²) < 4.78 is 0. The van der Waals surface area contributed by atoms with Gasteiger partial charge in [0.1, 0.15) is 11.6 Å². The topological polar surface area (TPSA) is 46.0 Å². The van der Waals surface area contributed by atoms with E-state index in [0.29, 0.717) is 0 Å². The van der Waals surface area contributed by atoms with Crippen molar-refractivity contribution in [3.8, 4) is 5.75 Å². The van der Waals surface area contributed by atoms with Crippen molar-refractivity contribution in [3.63, 3.8) is 0 Å². The van der Waals surface area contributed by atoms with Crippen LogP contribution in [0.3, 0.4) is 0 Å². The van der Waals surface area contributed by atoms with Crippen LogP contribution < -0.4 is 0 Å². The molecule has 0 saturated carbocycles. The summed E-state index contributed by atoms with van der Waals surface area (Å²) in [4.78, 5) is 9.45. The summed E-state index contributed by atoms with van der Waals surface area (Å²) >= 11 is 0. The van der Waals surface area contributed by atoms with E-state index in [1.165, 1.54) is 11.1 Å². The van der Waals surface area contributed by atoms with Gasteiger partial charge in [-0.2, -0.15) is 0 Å². The van der Waals surface area contributed by atoms with Crippen LogP contribution in [0.5, 0.6) is 5.75 Å². The lowest BCUT2D eigenvalue weighted by Crippen LogP contribution is -2.06. The molecule has 0 aliphatic carbocycles. The highest BCUT2D eigenvalue weighted by Gasteiger charge is 2.12. The first-order valence-corrected chi connectivity index (χ1v) is 9.55. The first-order valence-electron chi connectivity index (χ1n) is 9.55. The van der Waals surface area contributed by atoms with Gasteiger partial charge in [-0.15, -0.1) is 0 Å². The van der Waals surface area contributed by atoms with Crippen LogP contribution in [0.15, 0.2) is 61.2 Å². The van der Waals surface area contributed by atoms with Gasteiger partial charge in [0.15, 0.2) is 0 Å². The predicted molar refractivity (Wildman–Crippen MR) is 116 cm³/mol. The third kappa shape index (κ3) is 4.55. The molecule has 0 saturated heterocycles. The molecular weight excluding hydrogens is 344 g/mol. The summed E-state index contributed by atoms with van der Waals surface area (Å²) in [6, 6.07) is 15.7. The van der Waals surface area contributed by atoms with Crippen LogP contribution in [0, 0.1) is 13.8 Å². The molecule has 3 nitrogen and oxygen atoms in total. The lowest BCUT2D eigenvalue weighted by atomic mass is 9.97. The summed E-state index contributed by atoms with van der Waals surface area (Å²) in [6.07, 6.45) is 5.53. The van der Waals surface area contributed by atoms with Crippen molar-refractivity contribution in [2.75, 3.05) is 0 Å². The van der Waals surface area contributed by atoms with Crippen molar-refractivity contribution in [2.24, 2.45) is 0 Å². The van der Waals surface area contributed by atoms with E-state index in [2.05, 4.69) is 55.8 Å². The Morgan fingerprint density at radius 2 is 1.75 bits per heavy atom. The van der Waals surface area contributed by atoms with Crippen molar-refractivity contribution in [2.45, 2.75) is 33.6 Å². The van der Waals surface area contributed by atoms with Gasteiger partial charge in [0.25, 0.3) is 0 Å². The second kappa shape index (κ2) is 8.66. The number of hydrogen-bond donors (Lipinski definition) is 1. The maximum absolute atomic E-state index is 9.58. The third-order valence-corrected chi connectivity index (χ3v) is 4.72. The molecule has 0 radical (unpaired) electrons. The Kier molecular flexibility index (Phi) is 6.05. The molecule has 0 unspecified atom stereocenters. The number of nitrogens with zero attached hydrogens (tertiary/aromatic N) is 2. The maximum Gasteiger partial charge on any atom is 0.125 e. The van der Waals surface area contributed by atoms with Gasteiger partial charge in [-0.25, -0.2) is 9.97 Å². The lowest BCUT2D eigenvalue weighted by Gasteiger charge is -2.13. The minimum absolute atomic E-state index is 0.250. The summed E-state index contributed by atoms with van der Waals surface area (Å²) in [7, 11) is 0. The van der Waals surface area contributed by atoms with Crippen molar-refractivity contribution in [1.29, 1.82) is 0 Å². The molecule has 1 N–H and O–H groups in total. The second-order valence-corrected chi connectivity index (χ2v) is 6.95. The minimum atomic E-state index is 0.250. The van der Waals surface area contributed by atoms with Gasteiger partial charge in [-0.3, -0.25) is 0 Å². The van der Waals surface area contributed by atoms with Crippen molar-refractivity contribution < 1.29 is 5.11 Å². The van der Waals surface area contributed by atoms with Gasteiger partial charge < -0.3 is 5.11 Å². The van der Waals surface area contributed by atoms with E-state index < -0.39 is 0 Å². The fourth-order valence-corrected chi connectivity index (χ4v) is 3.36. The number of aryl methyl sites for hydroxylation is 3. The van der Waals surface area contributed by atoms with E-state index in [1.54, 1.807) is 12.1 Å². The Morgan fingerprint density at radius 3 is 2.39 bits per heavy atom. The molecule has 0 bridgehead atoms. The number of phenolic OH excluding ortho intramolecular Hbond substituents is 1. The number of aromatic hydroxyl groups is 1. The molecule has 1 aromatic heterocycles. The Bertz CT molecular complexity index is 1020. The van der Waals surface area contributed by atoms with Crippen LogP contribution in [0.2, 0.25) is 0 Å². The number of phenols is 1. The zero-order chi connectivity index (χ0) is 20.1. The molecule has 2 aromatic carbocycles. The van der Waals surface area contributed by atoms with E-state index in [-0.39, 0.29) is 5.75 Å². The van der Waals surface area contributed by atoms with Crippen molar-refractivity contribution in [1.82, 2.24) is 9.97 Å². The standard InChI is InChI=1S/C25H26N2O/c1-5-20(21-10-12-22(28)13-11-21)16-23-24(6-2)26-18(4)27-25(23)15-19-9-7-8-17(3)14-19/h5,7-14,16,28H,1,6,15H2,2-4H3/b20-16+. The summed E-state index contributed by atoms with van der Waals surface area (Å²) in [6.45, 7) is 10.1. The first-order chi connectivity index (χ1) is 13.5. The van der Waals surface area contributed by atoms with Crippen molar-refractivity contribution >= 4 is 11.6 Å². The summed E-state index contributed by atoms with van der Waals surface area (Å²) in [5, 5.41) is 9.58. The minimum Gasteiger partial charge on any atom is -0.508 e. The molecule has 3 aromatic rings. The molecule has 28 heavy (non-hydrogen) atoms. The SMILES string of the molecule is C=C/C(=C\c1c(CC)nc(C)nc1Cc1cccc(C)c1)c1ccc(O)cc1. The number of benzene rings is 2. The summed E-state index contributed by atoms with van der Waals surface area (Å²) in [5.41, 5.74) is 7.56. The van der Waals surface area contributed by atoms with Gasteiger partial charge in [0, 0.05) is 12.0 Å². The van der Waals surface area contributed by atoms with Crippen LogP contribution in [0.1, 0.15) is 46.4 Å². The molecule has 0 aliphatic heterocycles. The number of aromatic nitrogens is 2. The van der Waals surface area contributed by atoms with Crippen molar-refractivity contribution in [3.05, 3.63) is 101 Å². The molecule has 3 heteroatoms. The molecule has 0 amide bonds. The number of rotatable bonds is 6. The molecule has 0 atom stereocenters. The monoisotopic (exact) mass is 370 g/mol. The Balaban J connectivity index is 2.12. The van der Waals surface area contributed by atoms with Crippen LogP contribution in [-0.2, 0) is 12.8 Å². The molecule has 0 aliphatic rings. The Labute approximate surface area is 167 Å².